The van der Waals surface area contributed by atoms with Gasteiger partial charge in [-0.2, -0.15) is 22.0 Å². The maximum absolute atomic E-state index is 13.3. The van der Waals surface area contributed by atoms with Crippen LogP contribution >= 0.6 is 12.2 Å². The van der Waals surface area contributed by atoms with Gasteiger partial charge in [-0.15, -0.1) is 0 Å². The van der Waals surface area contributed by atoms with Crippen LogP contribution in [0.15, 0.2) is 59.8 Å². The minimum absolute atomic E-state index is 0.0823. The third kappa shape index (κ3) is 5.29. The topological polar surface area (TPSA) is 62.4 Å². The molecule has 164 valence electrons. The van der Waals surface area contributed by atoms with Gasteiger partial charge in [-0.05, 0) is 49.0 Å². The molecule has 2 aromatic rings. The van der Waals surface area contributed by atoms with Crippen molar-refractivity contribution in [3.63, 3.8) is 0 Å². The molecular weight excluding hydrogens is 441 g/mol. The molecule has 3 rings (SSSR count). The number of hydrogen-bond acceptors (Lipinski definition) is 3. The van der Waals surface area contributed by atoms with Crippen molar-refractivity contribution in [3.8, 4) is 5.75 Å². The molecule has 0 spiro atoms. The van der Waals surface area contributed by atoms with E-state index in [4.69, 9.17) is 12.2 Å². The van der Waals surface area contributed by atoms with Crippen LogP contribution in [0.3, 0.4) is 0 Å². The molecule has 0 aromatic heterocycles. The van der Waals surface area contributed by atoms with Gasteiger partial charge in [-0.1, -0.05) is 24.3 Å². The number of para-hydroxylation sites is 1. The Labute approximate surface area is 179 Å². The summed E-state index contributed by atoms with van der Waals surface area (Å²) in [6.07, 6.45) is -4.65. The number of anilines is 1. The van der Waals surface area contributed by atoms with Crippen LogP contribution < -0.4 is 20.7 Å². The van der Waals surface area contributed by atoms with Gasteiger partial charge in [0.15, 0.2) is 5.11 Å². The fourth-order valence-corrected chi connectivity index (χ4v) is 3.39. The zero-order chi connectivity index (χ0) is 22.8. The van der Waals surface area contributed by atoms with E-state index in [-0.39, 0.29) is 16.4 Å². The summed E-state index contributed by atoms with van der Waals surface area (Å²) in [7, 11) is 0. The third-order valence-corrected chi connectivity index (χ3v) is 4.65. The summed E-state index contributed by atoms with van der Waals surface area (Å²) in [5.41, 5.74) is -0.484. The lowest BCUT2D eigenvalue weighted by molar-refractivity contribution is -0.137. The number of thiocarbonyl (C=S) groups is 1. The molecule has 1 heterocycles. The predicted molar refractivity (Wildman–Crippen MR) is 107 cm³/mol. The Balaban J connectivity index is 1.93. The first kappa shape index (κ1) is 22.5. The first-order valence-corrected chi connectivity index (χ1v) is 9.27. The Hall–Kier alpha value is -3.21. The molecule has 11 heteroatoms. The summed E-state index contributed by atoms with van der Waals surface area (Å²) in [4.78, 5) is 13.0. The number of allylic oxidation sites excluding steroid dienone is 1. The predicted octanol–water partition coefficient (Wildman–Crippen LogP) is 4.74. The highest BCUT2D eigenvalue weighted by Gasteiger charge is 2.35. The number of halogens is 5. The Kier molecular flexibility index (Phi) is 6.44. The van der Waals surface area contributed by atoms with E-state index in [0.717, 1.165) is 12.1 Å². The number of amides is 1. The quantitative estimate of drug-likeness (QED) is 0.447. The standard InChI is InChI=1S/C20H16F5N3O2S/c1-10-15(17(29)27-14-5-3-2-4-13(14)20(23,24)25)16(28-19(31)26-10)11-6-8-12(9-7-11)30-18(21)22/h2-9,16,18H,1H3,(H,27,29)(H2,26,28,31). The molecule has 0 radical (unpaired) electrons. The van der Waals surface area contributed by atoms with Crippen molar-refractivity contribution in [2.75, 3.05) is 5.32 Å². The molecule has 2 aromatic carbocycles. The molecule has 1 amide bonds. The van der Waals surface area contributed by atoms with Crippen LogP contribution in [0.5, 0.6) is 5.75 Å². The number of hydrogen-bond donors (Lipinski definition) is 3. The van der Waals surface area contributed by atoms with Crippen molar-refractivity contribution in [2.45, 2.75) is 25.8 Å². The van der Waals surface area contributed by atoms with Gasteiger partial charge in [0.05, 0.1) is 22.9 Å². The Bertz CT molecular complexity index is 1020. The highest BCUT2D eigenvalue weighted by atomic mass is 32.1. The van der Waals surface area contributed by atoms with Crippen LogP contribution in [0.25, 0.3) is 0 Å². The number of alkyl halides is 5. The molecule has 1 aliphatic heterocycles. The van der Waals surface area contributed by atoms with Crippen molar-refractivity contribution >= 4 is 28.9 Å². The first-order chi connectivity index (χ1) is 14.6. The fourth-order valence-electron chi connectivity index (χ4n) is 3.12. The van der Waals surface area contributed by atoms with Gasteiger partial charge in [-0.3, -0.25) is 4.79 Å². The molecule has 0 saturated carbocycles. The number of benzene rings is 2. The average Bonchev–Trinajstić information content (AvgIpc) is 2.67. The summed E-state index contributed by atoms with van der Waals surface area (Å²) in [6.45, 7) is -1.44. The molecule has 0 bridgehead atoms. The maximum Gasteiger partial charge on any atom is 0.418 e. The van der Waals surface area contributed by atoms with Crippen LogP contribution in [-0.4, -0.2) is 17.6 Å². The van der Waals surface area contributed by atoms with E-state index in [2.05, 4.69) is 20.7 Å². The number of nitrogens with one attached hydrogen (secondary N) is 3. The van der Waals surface area contributed by atoms with Crippen LogP contribution in [0.1, 0.15) is 24.1 Å². The average molecular weight is 457 g/mol. The van der Waals surface area contributed by atoms with E-state index < -0.39 is 36.0 Å². The van der Waals surface area contributed by atoms with Crippen molar-refractivity contribution in [2.24, 2.45) is 0 Å². The van der Waals surface area contributed by atoms with Crippen molar-refractivity contribution in [3.05, 3.63) is 70.9 Å². The molecule has 1 atom stereocenters. The number of ether oxygens (including phenoxy) is 1. The van der Waals surface area contributed by atoms with Gasteiger partial charge in [-0.25, -0.2) is 0 Å². The van der Waals surface area contributed by atoms with E-state index in [0.29, 0.717) is 11.3 Å². The summed E-state index contributed by atoms with van der Waals surface area (Å²) in [5, 5.41) is 8.15. The summed E-state index contributed by atoms with van der Waals surface area (Å²) in [5.74, 6) is -0.865. The van der Waals surface area contributed by atoms with Gasteiger partial charge in [0.2, 0.25) is 0 Å². The highest BCUT2D eigenvalue weighted by Crippen LogP contribution is 2.36. The first-order valence-electron chi connectivity index (χ1n) is 8.87. The summed E-state index contributed by atoms with van der Waals surface area (Å²) in [6, 6.07) is 9.26. The monoisotopic (exact) mass is 457 g/mol. The van der Waals surface area contributed by atoms with Gasteiger partial charge in [0, 0.05) is 5.70 Å². The summed E-state index contributed by atoms with van der Waals surface area (Å²) < 4.78 is 68.9. The molecule has 31 heavy (non-hydrogen) atoms. The molecule has 0 saturated heterocycles. The zero-order valence-corrected chi connectivity index (χ0v) is 16.7. The number of carbonyl (C=O) groups is 1. The van der Waals surface area contributed by atoms with Crippen molar-refractivity contribution in [1.82, 2.24) is 10.6 Å². The number of carbonyl (C=O) groups excluding carboxylic acids is 1. The van der Waals surface area contributed by atoms with E-state index in [9.17, 15) is 26.7 Å². The van der Waals surface area contributed by atoms with Gasteiger partial charge in [0.25, 0.3) is 5.91 Å². The van der Waals surface area contributed by atoms with Gasteiger partial charge in [0.1, 0.15) is 5.75 Å². The normalized spacial score (nSPS) is 16.6. The molecule has 5 nitrogen and oxygen atoms in total. The second-order valence-corrected chi connectivity index (χ2v) is 6.92. The molecular formula is C20H16F5N3O2S. The van der Waals surface area contributed by atoms with Gasteiger partial charge < -0.3 is 20.7 Å². The lowest BCUT2D eigenvalue weighted by Gasteiger charge is -2.30. The lowest BCUT2D eigenvalue weighted by atomic mass is 9.94. The molecule has 1 aliphatic rings. The summed E-state index contributed by atoms with van der Waals surface area (Å²) >= 11 is 5.12. The minimum atomic E-state index is -4.65. The van der Waals surface area contributed by atoms with Crippen LogP contribution in [0.4, 0.5) is 27.6 Å². The smallest absolute Gasteiger partial charge is 0.418 e. The Morgan fingerprint density at radius 3 is 2.39 bits per heavy atom. The highest BCUT2D eigenvalue weighted by molar-refractivity contribution is 7.80. The maximum atomic E-state index is 13.3. The second-order valence-electron chi connectivity index (χ2n) is 6.52. The molecule has 0 fully saturated rings. The molecule has 3 N–H and O–H groups in total. The minimum Gasteiger partial charge on any atom is -0.435 e. The van der Waals surface area contributed by atoms with E-state index in [1.165, 1.54) is 36.4 Å². The third-order valence-electron chi connectivity index (χ3n) is 4.43. The van der Waals surface area contributed by atoms with Crippen LogP contribution in [0, 0.1) is 0 Å². The second kappa shape index (κ2) is 8.88. The van der Waals surface area contributed by atoms with E-state index in [1.54, 1.807) is 6.92 Å². The van der Waals surface area contributed by atoms with Crippen LogP contribution in [0.2, 0.25) is 0 Å². The lowest BCUT2D eigenvalue weighted by Crippen LogP contribution is -2.45. The van der Waals surface area contributed by atoms with E-state index >= 15 is 0 Å². The molecule has 1 unspecified atom stereocenters. The Morgan fingerprint density at radius 2 is 1.77 bits per heavy atom. The zero-order valence-electron chi connectivity index (χ0n) is 15.9. The fraction of sp³-hybridized carbons (Fsp3) is 0.200. The molecule has 0 aliphatic carbocycles. The largest absolute Gasteiger partial charge is 0.435 e. The number of rotatable bonds is 5. The van der Waals surface area contributed by atoms with Crippen molar-refractivity contribution < 1.29 is 31.5 Å². The van der Waals surface area contributed by atoms with E-state index in [1.807, 2.05) is 0 Å². The Morgan fingerprint density at radius 1 is 1.13 bits per heavy atom. The van der Waals surface area contributed by atoms with Crippen molar-refractivity contribution in [1.29, 1.82) is 0 Å². The SMILES string of the molecule is CC1=C(C(=O)Nc2ccccc2C(F)(F)F)C(c2ccc(OC(F)F)cc2)NC(=S)N1. The van der Waals surface area contributed by atoms with Gasteiger partial charge >= 0.3 is 12.8 Å². The van der Waals surface area contributed by atoms with Crippen LogP contribution in [-0.2, 0) is 11.0 Å².